The molecule has 6 nitrogen and oxygen atoms in total. The van der Waals surface area contributed by atoms with Crippen LogP contribution in [0.25, 0.3) is 0 Å². The van der Waals surface area contributed by atoms with Gasteiger partial charge in [0.25, 0.3) is 0 Å². The van der Waals surface area contributed by atoms with Crippen molar-refractivity contribution >= 4 is 18.0 Å². The van der Waals surface area contributed by atoms with Crippen LogP contribution in [0.3, 0.4) is 0 Å². The summed E-state index contributed by atoms with van der Waals surface area (Å²) >= 11 is 0. The molecule has 0 aliphatic carbocycles. The summed E-state index contributed by atoms with van der Waals surface area (Å²) < 4.78 is 0. The zero-order valence-electron chi connectivity index (χ0n) is 13.0. The molecule has 0 bridgehead atoms. The van der Waals surface area contributed by atoms with Gasteiger partial charge in [-0.25, -0.2) is 9.97 Å². The topological polar surface area (TPSA) is 61.4 Å². The molecule has 0 atom stereocenters. The summed E-state index contributed by atoms with van der Waals surface area (Å²) in [5.41, 5.74) is 0. The maximum Gasteiger partial charge on any atom is 0.209 e. The smallest absolute Gasteiger partial charge is 0.209 e. The molecule has 0 spiro atoms. The minimum absolute atomic E-state index is 0.756. The highest BCUT2D eigenvalue weighted by atomic mass is 16.1. The Bertz CT molecular complexity index is 457. The van der Waals surface area contributed by atoms with Gasteiger partial charge in [0, 0.05) is 38.8 Å². The average molecular weight is 291 g/mol. The molecule has 0 saturated carbocycles. The lowest BCUT2D eigenvalue weighted by atomic mass is 10.2. The summed E-state index contributed by atoms with van der Waals surface area (Å²) in [6.07, 6.45) is 4.53. The Kier molecular flexibility index (Phi) is 5.78. The van der Waals surface area contributed by atoms with E-state index in [9.17, 15) is 4.79 Å². The molecule has 1 saturated heterocycles. The maximum atomic E-state index is 10.8. The van der Waals surface area contributed by atoms with Crippen LogP contribution in [0.5, 0.6) is 0 Å². The molecule has 2 rings (SSSR count). The van der Waals surface area contributed by atoms with Crippen molar-refractivity contribution in [1.82, 2.24) is 14.9 Å². The molecule has 0 radical (unpaired) electrons. The van der Waals surface area contributed by atoms with Gasteiger partial charge in [0.05, 0.1) is 0 Å². The molecule has 1 aromatic rings. The molecule has 1 aliphatic rings. The van der Waals surface area contributed by atoms with Gasteiger partial charge in [-0.3, -0.25) is 4.79 Å². The van der Waals surface area contributed by atoms with E-state index < -0.39 is 0 Å². The van der Waals surface area contributed by atoms with Crippen molar-refractivity contribution in [3.63, 3.8) is 0 Å². The van der Waals surface area contributed by atoms with Crippen LogP contribution >= 0.6 is 0 Å². The number of carbonyl (C=O) groups is 1. The van der Waals surface area contributed by atoms with Gasteiger partial charge in [-0.1, -0.05) is 19.8 Å². The van der Waals surface area contributed by atoms with Crippen LogP contribution in [0.15, 0.2) is 6.07 Å². The Morgan fingerprint density at radius 2 is 2.00 bits per heavy atom. The number of amides is 1. The molecular formula is C15H25N5O. The van der Waals surface area contributed by atoms with E-state index in [1.54, 1.807) is 4.90 Å². The van der Waals surface area contributed by atoms with Gasteiger partial charge in [0.15, 0.2) is 0 Å². The van der Waals surface area contributed by atoms with Gasteiger partial charge in [-0.05, 0) is 13.3 Å². The largest absolute Gasteiger partial charge is 0.370 e. The van der Waals surface area contributed by atoms with Crippen LogP contribution in [0.2, 0.25) is 0 Å². The van der Waals surface area contributed by atoms with Gasteiger partial charge >= 0.3 is 0 Å². The lowest BCUT2D eigenvalue weighted by molar-refractivity contribution is -0.118. The lowest BCUT2D eigenvalue weighted by Crippen LogP contribution is -2.46. The predicted octanol–water partition coefficient (Wildman–Crippen LogP) is 1.67. The van der Waals surface area contributed by atoms with Crippen molar-refractivity contribution in [2.45, 2.75) is 33.1 Å². The van der Waals surface area contributed by atoms with E-state index >= 15 is 0 Å². The molecule has 6 heteroatoms. The molecule has 21 heavy (non-hydrogen) atoms. The Balaban J connectivity index is 1.96. The second kappa shape index (κ2) is 7.81. The Hall–Kier alpha value is -1.85. The Morgan fingerprint density at radius 3 is 2.67 bits per heavy atom. The molecule has 1 aromatic heterocycles. The third-order valence-corrected chi connectivity index (χ3v) is 3.70. The summed E-state index contributed by atoms with van der Waals surface area (Å²) in [4.78, 5) is 23.7. The van der Waals surface area contributed by atoms with Crippen LogP contribution < -0.4 is 10.2 Å². The minimum Gasteiger partial charge on any atom is -0.370 e. The number of unbranched alkanes of at least 4 members (excludes halogenated alkanes) is 2. The summed E-state index contributed by atoms with van der Waals surface area (Å²) in [5.74, 6) is 2.63. The number of aryl methyl sites for hydroxylation is 1. The first-order valence-corrected chi connectivity index (χ1v) is 7.76. The van der Waals surface area contributed by atoms with Crippen LogP contribution in [0.4, 0.5) is 11.6 Å². The fourth-order valence-corrected chi connectivity index (χ4v) is 2.45. The average Bonchev–Trinajstić information content (AvgIpc) is 2.51. The second-order valence-electron chi connectivity index (χ2n) is 5.42. The number of anilines is 2. The molecule has 2 heterocycles. The van der Waals surface area contributed by atoms with Crippen LogP contribution in [-0.2, 0) is 4.79 Å². The van der Waals surface area contributed by atoms with Crippen LogP contribution in [0.1, 0.15) is 32.0 Å². The lowest BCUT2D eigenvalue weighted by Gasteiger charge is -2.33. The predicted molar refractivity (Wildman–Crippen MR) is 84.6 cm³/mol. The van der Waals surface area contributed by atoms with Crippen molar-refractivity contribution in [3.8, 4) is 0 Å². The van der Waals surface area contributed by atoms with E-state index in [0.29, 0.717) is 0 Å². The van der Waals surface area contributed by atoms with E-state index in [-0.39, 0.29) is 0 Å². The molecular weight excluding hydrogens is 266 g/mol. The van der Waals surface area contributed by atoms with Gasteiger partial charge in [-0.2, -0.15) is 0 Å². The van der Waals surface area contributed by atoms with Gasteiger partial charge in [0.1, 0.15) is 17.5 Å². The number of nitrogens with one attached hydrogen (secondary N) is 1. The van der Waals surface area contributed by atoms with Crippen molar-refractivity contribution < 1.29 is 4.79 Å². The first-order valence-electron chi connectivity index (χ1n) is 7.76. The van der Waals surface area contributed by atoms with E-state index in [0.717, 1.165) is 63.0 Å². The Labute approximate surface area is 126 Å². The number of nitrogens with zero attached hydrogens (tertiary/aromatic N) is 4. The summed E-state index contributed by atoms with van der Waals surface area (Å²) in [6.45, 7) is 8.23. The third-order valence-electron chi connectivity index (χ3n) is 3.70. The molecule has 116 valence electrons. The highest BCUT2D eigenvalue weighted by molar-refractivity contribution is 5.52. The maximum absolute atomic E-state index is 10.8. The van der Waals surface area contributed by atoms with Crippen molar-refractivity contribution in [2.75, 3.05) is 42.9 Å². The van der Waals surface area contributed by atoms with E-state index in [2.05, 4.69) is 27.1 Å². The molecule has 1 amide bonds. The summed E-state index contributed by atoms with van der Waals surface area (Å²) in [7, 11) is 0. The Morgan fingerprint density at radius 1 is 1.24 bits per heavy atom. The number of piperazine rings is 1. The number of rotatable bonds is 7. The van der Waals surface area contributed by atoms with Crippen molar-refractivity contribution in [2.24, 2.45) is 0 Å². The number of aromatic nitrogens is 2. The molecule has 1 aliphatic heterocycles. The summed E-state index contributed by atoms with van der Waals surface area (Å²) in [6, 6.07) is 2.01. The second-order valence-corrected chi connectivity index (χ2v) is 5.42. The minimum atomic E-state index is 0.756. The molecule has 0 aromatic carbocycles. The normalized spacial score (nSPS) is 15.1. The number of hydrogen-bond donors (Lipinski definition) is 1. The van der Waals surface area contributed by atoms with E-state index in [1.165, 1.54) is 12.8 Å². The SMILES string of the molecule is CCCCCNc1cc(N2CCN(C=O)CC2)nc(C)n1. The highest BCUT2D eigenvalue weighted by Crippen LogP contribution is 2.17. The fourth-order valence-electron chi connectivity index (χ4n) is 2.45. The number of carbonyl (C=O) groups excluding carboxylic acids is 1. The van der Waals surface area contributed by atoms with Crippen LogP contribution in [0, 0.1) is 6.92 Å². The summed E-state index contributed by atoms with van der Waals surface area (Å²) in [5, 5.41) is 3.38. The van der Waals surface area contributed by atoms with E-state index in [1.807, 2.05) is 13.0 Å². The quantitative estimate of drug-likeness (QED) is 0.611. The van der Waals surface area contributed by atoms with Crippen molar-refractivity contribution in [1.29, 1.82) is 0 Å². The zero-order valence-corrected chi connectivity index (χ0v) is 13.0. The molecule has 1 fully saturated rings. The first kappa shape index (κ1) is 15.5. The first-order chi connectivity index (χ1) is 10.2. The molecule has 1 N–H and O–H groups in total. The van der Waals surface area contributed by atoms with Crippen LogP contribution in [-0.4, -0.2) is 54.0 Å². The fraction of sp³-hybridized carbons (Fsp3) is 0.667. The molecule has 0 unspecified atom stereocenters. The monoisotopic (exact) mass is 291 g/mol. The van der Waals surface area contributed by atoms with E-state index in [4.69, 9.17) is 0 Å². The third kappa shape index (κ3) is 4.58. The van der Waals surface area contributed by atoms with Gasteiger partial charge in [-0.15, -0.1) is 0 Å². The van der Waals surface area contributed by atoms with Crippen molar-refractivity contribution in [3.05, 3.63) is 11.9 Å². The van der Waals surface area contributed by atoms with Gasteiger partial charge < -0.3 is 15.1 Å². The zero-order chi connectivity index (χ0) is 15.1. The highest BCUT2D eigenvalue weighted by Gasteiger charge is 2.17. The standard InChI is InChI=1S/C15H25N5O/c1-3-4-5-6-16-14-11-15(18-13(2)17-14)20-9-7-19(12-21)8-10-20/h11-12H,3-10H2,1-2H3,(H,16,17,18). The number of hydrogen-bond acceptors (Lipinski definition) is 5. The van der Waals surface area contributed by atoms with Gasteiger partial charge in [0.2, 0.25) is 6.41 Å².